The lowest BCUT2D eigenvalue weighted by molar-refractivity contribution is 0.0912. The lowest BCUT2D eigenvalue weighted by atomic mass is 10.2. The number of tetrazole rings is 1. The molecule has 0 saturated carbocycles. The Morgan fingerprint density at radius 2 is 2.28 bits per heavy atom. The number of aromatic amines is 1. The zero-order valence-corrected chi connectivity index (χ0v) is 14.6. The highest BCUT2D eigenvalue weighted by atomic mass is 32.2. The van der Waals surface area contributed by atoms with Crippen molar-refractivity contribution in [3.05, 3.63) is 34.7 Å². The number of imidazole rings is 1. The van der Waals surface area contributed by atoms with Gasteiger partial charge in [-0.3, -0.25) is 4.57 Å². The Balaban J connectivity index is 1.33. The van der Waals surface area contributed by atoms with Crippen molar-refractivity contribution in [2.24, 2.45) is 0 Å². The van der Waals surface area contributed by atoms with E-state index >= 15 is 0 Å². The molecule has 0 amide bonds. The second-order valence-corrected chi connectivity index (χ2v) is 7.14. The monoisotopic (exact) mass is 360 g/mol. The van der Waals surface area contributed by atoms with Gasteiger partial charge >= 0.3 is 5.69 Å². The minimum atomic E-state index is -0.0607. The minimum Gasteiger partial charge on any atom is -0.376 e. The third-order valence-electron chi connectivity index (χ3n) is 4.34. The van der Waals surface area contributed by atoms with Crippen LogP contribution in [-0.2, 0) is 17.8 Å². The van der Waals surface area contributed by atoms with Gasteiger partial charge in [0.2, 0.25) is 5.16 Å². The molecule has 2 aromatic heterocycles. The average molecular weight is 360 g/mol. The van der Waals surface area contributed by atoms with Crippen molar-refractivity contribution in [3.63, 3.8) is 0 Å². The molecule has 0 radical (unpaired) electrons. The predicted octanol–water partition coefficient (Wildman–Crippen LogP) is 1.68. The highest BCUT2D eigenvalue weighted by Crippen LogP contribution is 2.19. The number of aryl methyl sites for hydroxylation is 1. The summed E-state index contributed by atoms with van der Waals surface area (Å²) in [5.41, 5.74) is 1.76. The van der Waals surface area contributed by atoms with E-state index in [-0.39, 0.29) is 11.8 Å². The molecule has 8 nitrogen and oxygen atoms in total. The van der Waals surface area contributed by atoms with E-state index in [4.69, 9.17) is 4.74 Å². The number of nitrogens with one attached hydrogen (secondary N) is 1. The van der Waals surface area contributed by atoms with Gasteiger partial charge in [0.25, 0.3) is 0 Å². The third kappa shape index (κ3) is 3.62. The molecule has 3 aromatic rings. The van der Waals surface area contributed by atoms with Crippen LogP contribution in [0.4, 0.5) is 0 Å². The summed E-state index contributed by atoms with van der Waals surface area (Å²) in [6.45, 7) is 2.20. The summed E-state index contributed by atoms with van der Waals surface area (Å²) in [4.78, 5) is 14.9. The van der Waals surface area contributed by atoms with Crippen LogP contribution in [0, 0.1) is 0 Å². The van der Waals surface area contributed by atoms with E-state index < -0.39 is 0 Å². The normalized spacial score (nSPS) is 17.5. The molecule has 0 aliphatic carbocycles. The van der Waals surface area contributed by atoms with E-state index in [1.807, 2.05) is 28.9 Å². The Labute approximate surface area is 148 Å². The van der Waals surface area contributed by atoms with Gasteiger partial charge in [-0.25, -0.2) is 9.48 Å². The minimum absolute atomic E-state index is 0.0607. The molecule has 1 aliphatic heterocycles. The van der Waals surface area contributed by atoms with Gasteiger partial charge < -0.3 is 9.72 Å². The smallest absolute Gasteiger partial charge is 0.326 e. The summed E-state index contributed by atoms with van der Waals surface area (Å²) < 4.78 is 9.24. The zero-order chi connectivity index (χ0) is 17.1. The van der Waals surface area contributed by atoms with Crippen LogP contribution in [0.25, 0.3) is 11.0 Å². The van der Waals surface area contributed by atoms with Crippen LogP contribution < -0.4 is 5.69 Å². The van der Waals surface area contributed by atoms with Crippen molar-refractivity contribution in [1.82, 2.24) is 29.8 Å². The SMILES string of the molecule is O=c1[nH]c2ccccc2n1CCCSc1nnnn1C[C@@H]1CCCO1. The maximum absolute atomic E-state index is 12.1. The van der Waals surface area contributed by atoms with Crippen LogP contribution in [-0.4, -0.2) is 48.2 Å². The molecule has 132 valence electrons. The summed E-state index contributed by atoms with van der Waals surface area (Å²) in [6, 6.07) is 7.75. The number of para-hydroxylation sites is 2. The molecule has 9 heteroatoms. The summed E-state index contributed by atoms with van der Waals surface area (Å²) in [7, 11) is 0. The van der Waals surface area contributed by atoms with Crippen LogP contribution in [0.5, 0.6) is 0 Å². The van der Waals surface area contributed by atoms with E-state index in [1.54, 1.807) is 16.3 Å². The van der Waals surface area contributed by atoms with Crippen LogP contribution in [0.3, 0.4) is 0 Å². The van der Waals surface area contributed by atoms with Crippen LogP contribution in [0.1, 0.15) is 19.3 Å². The highest BCUT2D eigenvalue weighted by molar-refractivity contribution is 7.99. The maximum atomic E-state index is 12.1. The number of aromatic nitrogens is 6. The van der Waals surface area contributed by atoms with E-state index in [0.29, 0.717) is 13.1 Å². The number of thioether (sulfide) groups is 1. The Hall–Kier alpha value is -2.13. The molecule has 1 aliphatic rings. The van der Waals surface area contributed by atoms with E-state index in [1.165, 1.54) is 0 Å². The molecule has 1 N–H and O–H groups in total. The second kappa shape index (κ2) is 7.40. The third-order valence-corrected chi connectivity index (χ3v) is 5.38. The van der Waals surface area contributed by atoms with Crippen molar-refractivity contribution >= 4 is 22.8 Å². The van der Waals surface area contributed by atoms with Gasteiger partial charge in [0, 0.05) is 18.9 Å². The number of hydrogen-bond donors (Lipinski definition) is 1. The topological polar surface area (TPSA) is 90.6 Å². The largest absolute Gasteiger partial charge is 0.376 e. The number of H-pyrrole nitrogens is 1. The fourth-order valence-electron chi connectivity index (χ4n) is 3.11. The van der Waals surface area contributed by atoms with Crippen molar-refractivity contribution < 1.29 is 4.74 Å². The standard InChI is InChI=1S/C16H20N6O2S/c23-15-17-13-6-1-2-7-14(13)21(15)8-4-10-25-16-18-19-20-22(16)11-12-5-3-9-24-12/h1-2,6-7,12H,3-5,8-11H2,(H,17,23)/t12-/m0/s1. The summed E-state index contributed by atoms with van der Waals surface area (Å²) >= 11 is 1.62. The molecule has 0 spiro atoms. The molecule has 4 rings (SSSR count). The zero-order valence-electron chi connectivity index (χ0n) is 13.8. The fraction of sp³-hybridized carbons (Fsp3) is 0.500. The molecular weight excluding hydrogens is 340 g/mol. The number of hydrogen-bond acceptors (Lipinski definition) is 6. The van der Waals surface area contributed by atoms with Crippen molar-refractivity contribution in [2.45, 2.75) is 43.6 Å². The summed E-state index contributed by atoms with van der Waals surface area (Å²) in [5.74, 6) is 0.845. The van der Waals surface area contributed by atoms with Gasteiger partial charge in [-0.05, 0) is 41.8 Å². The van der Waals surface area contributed by atoms with Gasteiger partial charge in [0.1, 0.15) is 0 Å². The summed E-state index contributed by atoms with van der Waals surface area (Å²) in [6.07, 6.45) is 3.24. The van der Waals surface area contributed by atoms with Crippen LogP contribution in [0.15, 0.2) is 34.2 Å². The fourth-order valence-corrected chi connectivity index (χ4v) is 3.92. The molecule has 1 aromatic carbocycles. The summed E-state index contributed by atoms with van der Waals surface area (Å²) in [5, 5.41) is 12.7. The van der Waals surface area contributed by atoms with Crippen molar-refractivity contribution in [1.29, 1.82) is 0 Å². The van der Waals surface area contributed by atoms with E-state index in [2.05, 4.69) is 20.5 Å². The number of nitrogens with zero attached hydrogens (tertiary/aromatic N) is 5. The van der Waals surface area contributed by atoms with Crippen molar-refractivity contribution in [3.8, 4) is 0 Å². The maximum Gasteiger partial charge on any atom is 0.326 e. The second-order valence-electron chi connectivity index (χ2n) is 6.08. The number of benzene rings is 1. The Bertz CT molecular complexity index is 895. The van der Waals surface area contributed by atoms with Crippen LogP contribution >= 0.6 is 11.8 Å². The van der Waals surface area contributed by atoms with E-state index in [9.17, 15) is 4.79 Å². The van der Waals surface area contributed by atoms with Gasteiger partial charge in [-0.15, -0.1) is 5.10 Å². The average Bonchev–Trinajstić information content (AvgIpc) is 3.34. The van der Waals surface area contributed by atoms with Gasteiger partial charge in [-0.2, -0.15) is 0 Å². The first-order valence-electron chi connectivity index (χ1n) is 8.49. The lowest BCUT2D eigenvalue weighted by Gasteiger charge is -2.10. The first-order valence-corrected chi connectivity index (χ1v) is 9.48. The number of ether oxygens (including phenoxy) is 1. The number of fused-ring (bicyclic) bond motifs is 1. The molecule has 1 saturated heterocycles. The number of rotatable bonds is 7. The van der Waals surface area contributed by atoms with Gasteiger partial charge in [-0.1, -0.05) is 23.9 Å². The molecule has 0 unspecified atom stereocenters. The Morgan fingerprint density at radius 3 is 3.16 bits per heavy atom. The van der Waals surface area contributed by atoms with Gasteiger partial charge in [0.05, 0.1) is 23.7 Å². The molecule has 1 atom stereocenters. The highest BCUT2D eigenvalue weighted by Gasteiger charge is 2.18. The molecule has 0 bridgehead atoms. The quantitative estimate of drug-likeness (QED) is 0.509. The first kappa shape index (κ1) is 16.3. The Morgan fingerprint density at radius 1 is 1.36 bits per heavy atom. The molecular formula is C16H20N6O2S. The molecule has 3 heterocycles. The Kier molecular flexibility index (Phi) is 4.84. The molecule has 1 fully saturated rings. The lowest BCUT2D eigenvalue weighted by Crippen LogP contribution is -2.18. The van der Waals surface area contributed by atoms with E-state index in [0.717, 1.165) is 47.8 Å². The molecule has 25 heavy (non-hydrogen) atoms. The predicted molar refractivity (Wildman–Crippen MR) is 94.7 cm³/mol. The first-order chi connectivity index (χ1) is 12.3. The van der Waals surface area contributed by atoms with Gasteiger partial charge in [0.15, 0.2) is 0 Å². The van der Waals surface area contributed by atoms with Crippen LogP contribution in [0.2, 0.25) is 0 Å². The van der Waals surface area contributed by atoms with Crippen molar-refractivity contribution in [2.75, 3.05) is 12.4 Å².